The molecule has 1 unspecified atom stereocenters. The van der Waals surface area contributed by atoms with E-state index in [-0.39, 0.29) is 0 Å². The lowest BCUT2D eigenvalue weighted by Crippen LogP contribution is -2.24. The molecule has 2 aromatic carbocycles. The molecule has 0 aromatic heterocycles. The van der Waals surface area contributed by atoms with Crippen LogP contribution in [0.3, 0.4) is 0 Å². The van der Waals surface area contributed by atoms with Crippen LogP contribution in [-0.2, 0) is 0 Å². The minimum absolute atomic E-state index is 0.378. The van der Waals surface area contributed by atoms with E-state index in [1.54, 1.807) is 7.11 Å². The van der Waals surface area contributed by atoms with Crippen LogP contribution >= 0.6 is 23.5 Å². The molecule has 1 atom stereocenters. The van der Waals surface area contributed by atoms with Crippen LogP contribution in [0.2, 0.25) is 0 Å². The van der Waals surface area contributed by atoms with E-state index in [4.69, 9.17) is 4.74 Å². The molecule has 1 aliphatic rings. The molecule has 1 heterocycles. The van der Waals surface area contributed by atoms with Gasteiger partial charge in [-0.2, -0.15) is 0 Å². The van der Waals surface area contributed by atoms with E-state index in [1.807, 2.05) is 18.2 Å². The number of nitrogens with one attached hydrogen (secondary N) is 1. The van der Waals surface area contributed by atoms with Crippen molar-refractivity contribution in [2.45, 2.75) is 17.5 Å². The number of ether oxygens (including phenoxy) is 1. The van der Waals surface area contributed by atoms with Crippen molar-refractivity contribution < 1.29 is 4.74 Å². The van der Waals surface area contributed by atoms with Crippen LogP contribution in [0.15, 0.2) is 48.5 Å². The van der Waals surface area contributed by atoms with E-state index >= 15 is 0 Å². The summed E-state index contributed by atoms with van der Waals surface area (Å²) in [6.07, 6.45) is 0. The Hall–Kier alpha value is -1.10. The molecule has 0 amide bonds. The maximum atomic E-state index is 5.46. The van der Waals surface area contributed by atoms with Crippen LogP contribution in [0.5, 0.6) is 5.75 Å². The number of rotatable bonds is 6. The van der Waals surface area contributed by atoms with E-state index in [2.05, 4.69) is 66.1 Å². The Kier molecular flexibility index (Phi) is 5.92. The first-order valence-electron chi connectivity index (χ1n) is 7.98. The van der Waals surface area contributed by atoms with Crippen LogP contribution in [0.25, 0.3) is 11.1 Å². The molecule has 1 saturated heterocycles. The molecule has 23 heavy (non-hydrogen) atoms. The maximum absolute atomic E-state index is 5.46. The SMILES string of the molecule is COc1ccccc1-c1ccc(C(C)NCC2SCCS2)cc1. The number of hydrogen-bond acceptors (Lipinski definition) is 4. The predicted molar refractivity (Wildman–Crippen MR) is 104 cm³/mol. The highest BCUT2D eigenvalue weighted by molar-refractivity contribution is 8.20. The second-order valence-electron chi connectivity index (χ2n) is 5.62. The smallest absolute Gasteiger partial charge is 0.126 e. The summed E-state index contributed by atoms with van der Waals surface area (Å²) in [5.74, 6) is 3.50. The number of para-hydroxylation sites is 1. The van der Waals surface area contributed by atoms with Crippen molar-refractivity contribution >= 4 is 23.5 Å². The van der Waals surface area contributed by atoms with Gasteiger partial charge >= 0.3 is 0 Å². The second kappa shape index (κ2) is 8.13. The highest BCUT2D eigenvalue weighted by Gasteiger charge is 2.17. The zero-order valence-corrected chi connectivity index (χ0v) is 15.3. The van der Waals surface area contributed by atoms with Gasteiger partial charge in [-0.05, 0) is 24.1 Å². The van der Waals surface area contributed by atoms with Crippen LogP contribution in [0, 0.1) is 0 Å². The lowest BCUT2D eigenvalue weighted by atomic mass is 10.0. The zero-order chi connectivity index (χ0) is 16.1. The van der Waals surface area contributed by atoms with E-state index in [1.165, 1.54) is 22.6 Å². The Bertz CT molecular complexity index is 624. The Morgan fingerprint density at radius 3 is 2.48 bits per heavy atom. The molecule has 1 fully saturated rings. The molecule has 0 bridgehead atoms. The molecule has 122 valence electrons. The third-order valence-corrected chi connectivity index (χ3v) is 7.14. The van der Waals surface area contributed by atoms with E-state index in [9.17, 15) is 0 Å². The molecular formula is C19H23NOS2. The normalized spacial score (nSPS) is 16.4. The first-order chi connectivity index (χ1) is 11.3. The standard InChI is InChI=1S/C19H23NOS2/c1-14(20-13-19-22-11-12-23-19)15-7-9-16(10-8-15)17-5-3-4-6-18(17)21-2/h3-10,14,19-20H,11-13H2,1-2H3. The van der Waals surface area contributed by atoms with Crippen molar-refractivity contribution in [2.24, 2.45) is 0 Å². The number of methoxy groups -OCH3 is 1. The van der Waals surface area contributed by atoms with Crippen molar-refractivity contribution in [1.29, 1.82) is 0 Å². The first-order valence-corrected chi connectivity index (χ1v) is 10.1. The Morgan fingerprint density at radius 1 is 1.09 bits per heavy atom. The summed E-state index contributed by atoms with van der Waals surface area (Å²) in [6.45, 7) is 3.31. The fourth-order valence-corrected chi connectivity index (χ4v) is 5.44. The summed E-state index contributed by atoms with van der Waals surface area (Å²) in [4.78, 5) is 0. The monoisotopic (exact) mass is 345 g/mol. The topological polar surface area (TPSA) is 21.3 Å². The summed E-state index contributed by atoms with van der Waals surface area (Å²) in [6, 6.07) is 17.3. The Balaban J connectivity index is 1.66. The molecule has 1 aliphatic heterocycles. The molecule has 1 N–H and O–H groups in total. The fraction of sp³-hybridized carbons (Fsp3) is 0.368. The summed E-state index contributed by atoms with van der Waals surface area (Å²) >= 11 is 4.14. The van der Waals surface area contributed by atoms with Crippen LogP contribution < -0.4 is 10.1 Å². The van der Waals surface area contributed by atoms with Crippen molar-refractivity contribution in [1.82, 2.24) is 5.32 Å². The van der Waals surface area contributed by atoms with Crippen LogP contribution in [0.4, 0.5) is 0 Å². The zero-order valence-electron chi connectivity index (χ0n) is 13.6. The van der Waals surface area contributed by atoms with Crippen molar-refractivity contribution in [3.8, 4) is 16.9 Å². The lowest BCUT2D eigenvalue weighted by Gasteiger charge is -2.17. The molecular weight excluding hydrogens is 322 g/mol. The third kappa shape index (κ3) is 4.25. The highest BCUT2D eigenvalue weighted by Crippen LogP contribution is 2.32. The first kappa shape index (κ1) is 16.7. The van der Waals surface area contributed by atoms with Gasteiger partial charge in [-0.1, -0.05) is 42.5 Å². The summed E-state index contributed by atoms with van der Waals surface area (Å²) in [5, 5.41) is 3.66. The van der Waals surface area contributed by atoms with Gasteiger partial charge in [0.05, 0.1) is 11.7 Å². The molecule has 0 radical (unpaired) electrons. The quantitative estimate of drug-likeness (QED) is 0.810. The molecule has 0 spiro atoms. The lowest BCUT2D eigenvalue weighted by molar-refractivity contribution is 0.416. The van der Waals surface area contributed by atoms with Gasteiger partial charge in [-0.3, -0.25) is 0 Å². The van der Waals surface area contributed by atoms with Gasteiger partial charge in [0, 0.05) is 29.7 Å². The van der Waals surface area contributed by atoms with Gasteiger partial charge in [0.15, 0.2) is 0 Å². The van der Waals surface area contributed by atoms with Crippen molar-refractivity contribution in [3.63, 3.8) is 0 Å². The number of hydrogen-bond donors (Lipinski definition) is 1. The van der Waals surface area contributed by atoms with Gasteiger partial charge in [0.2, 0.25) is 0 Å². The summed E-state index contributed by atoms with van der Waals surface area (Å²) in [7, 11) is 1.72. The molecule has 2 nitrogen and oxygen atoms in total. The molecule has 4 heteroatoms. The Morgan fingerprint density at radius 2 is 1.78 bits per heavy atom. The largest absolute Gasteiger partial charge is 0.496 e. The van der Waals surface area contributed by atoms with Gasteiger partial charge in [-0.25, -0.2) is 0 Å². The van der Waals surface area contributed by atoms with E-state index in [0.717, 1.165) is 17.9 Å². The minimum atomic E-state index is 0.378. The Labute approximate surface area is 147 Å². The second-order valence-corrected chi connectivity index (χ2v) is 8.54. The highest BCUT2D eigenvalue weighted by atomic mass is 32.2. The van der Waals surface area contributed by atoms with E-state index < -0.39 is 0 Å². The fourth-order valence-electron chi connectivity index (χ4n) is 2.75. The number of benzene rings is 2. The van der Waals surface area contributed by atoms with Gasteiger partial charge in [0.1, 0.15) is 5.75 Å². The maximum Gasteiger partial charge on any atom is 0.126 e. The average molecular weight is 346 g/mol. The predicted octanol–water partition coefficient (Wildman–Crippen LogP) is 4.82. The molecule has 0 saturated carbocycles. The van der Waals surface area contributed by atoms with Crippen molar-refractivity contribution in [2.75, 3.05) is 25.2 Å². The molecule has 2 aromatic rings. The van der Waals surface area contributed by atoms with Crippen LogP contribution in [-0.4, -0.2) is 29.7 Å². The molecule has 0 aliphatic carbocycles. The number of thioether (sulfide) groups is 2. The van der Waals surface area contributed by atoms with Crippen LogP contribution in [0.1, 0.15) is 18.5 Å². The van der Waals surface area contributed by atoms with E-state index in [0.29, 0.717) is 10.6 Å². The van der Waals surface area contributed by atoms with Crippen molar-refractivity contribution in [3.05, 3.63) is 54.1 Å². The van der Waals surface area contributed by atoms with Gasteiger partial charge in [0.25, 0.3) is 0 Å². The van der Waals surface area contributed by atoms with Gasteiger partial charge < -0.3 is 10.1 Å². The average Bonchev–Trinajstić information content (AvgIpc) is 3.13. The summed E-state index contributed by atoms with van der Waals surface area (Å²) < 4.78 is 6.17. The van der Waals surface area contributed by atoms with Gasteiger partial charge in [-0.15, -0.1) is 23.5 Å². The molecule has 3 rings (SSSR count). The minimum Gasteiger partial charge on any atom is -0.496 e. The third-order valence-electron chi connectivity index (χ3n) is 4.11. The summed E-state index contributed by atoms with van der Waals surface area (Å²) in [5.41, 5.74) is 3.66.